The molecule has 2 unspecified atom stereocenters. The number of hydrogen-bond donors (Lipinski definition) is 2. The Morgan fingerprint density at radius 1 is 1.18 bits per heavy atom. The molecule has 116 valence electrons. The van der Waals surface area contributed by atoms with Crippen molar-refractivity contribution in [1.82, 2.24) is 4.98 Å². The SMILES string of the molecule is O=C(O)CCC(c1cccc(Cl)c1)C(O)c1ccc(Cl)cn1. The summed E-state index contributed by atoms with van der Waals surface area (Å²) < 4.78 is 0. The zero-order valence-electron chi connectivity index (χ0n) is 11.6. The van der Waals surface area contributed by atoms with Gasteiger partial charge in [0, 0.05) is 23.6 Å². The lowest BCUT2D eigenvalue weighted by Crippen LogP contribution is -2.14. The molecule has 0 amide bonds. The minimum absolute atomic E-state index is 0.0537. The van der Waals surface area contributed by atoms with Crippen LogP contribution in [0.1, 0.15) is 36.1 Å². The Morgan fingerprint density at radius 2 is 1.95 bits per heavy atom. The Kier molecular flexibility index (Phi) is 5.77. The fourth-order valence-electron chi connectivity index (χ4n) is 2.29. The molecule has 2 rings (SSSR count). The number of aliphatic carboxylic acids is 1. The van der Waals surface area contributed by atoms with Gasteiger partial charge in [0.1, 0.15) is 6.10 Å². The molecule has 1 aromatic carbocycles. The zero-order valence-corrected chi connectivity index (χ0v) is 13.1. The van der Waals surface area contributed by atoms with Crippen LogP contribution >= 0.6 is 23.2 Å². The van der Waals surface area contributed by atoms with Gasteiger partial charge in [-0.1, -0.05) is 35.3 Å². The van der Waals surface area contributed by atoms with Gasteiger partial charge in [-0.15, -0.1) is 0 Å². The van der Waals surface area contributed by atoms with Crippen LogP contribution in [0.3, 0.4) is 0 Å². The first-order chi connectivity index (χ1) is 10.5. The maximum absolute atomic E-state index is 10.9. The van der Waals surface area contributed by atoms with Crippen LogP contribution in [0.2, 0.25) is 10.0 Å². The van der Waals surface area contributed by atoms with Gasteiger partial charge < -0.3 is 10.2 Å². The zero-order chi connectivity index (χ0) is 16.1. The van der Waals surface area contributed by atoms with E-state index in [9.17, 15) is 9.90 Å². The van der Waals surface area contributed by atoms with Crippen LogP contribution in [0.25, 0.3) is 0 Å². The molecule has 22 heavy (non-hydrogen) atoms. The van der Waals surface area contributed by atoms with Gasteiger partial charge in [-0.25, -0.2) is 0 Å². The summed E-state index contributed by atoms with van der Waals surface area (Å²) in [5.41, 5.74) is 1.22. The number of benzene rings is 1. The van der Waals surface area contributed by atoms with Crippen LogP contribution in [0.15, 0.2) is 42.6 Å². The van der Waals surface area contributed by atoms with E-state index in [2.05, 4.69) is 4.98 Å². The number of rotatable bonds is 6. The number of aliphatic hydroxyl groups excluding tert-OH is 1. The Balaban J connectivity index is 2.30. The number of nitrogens with zero attached hydrogens (tertiary/aromatic N) is 1. The summed E-state index contributed by atoms with van der Waals surface area (Å²) in [6.45, 7) is 0. The molecule has 0 radical (unpaired) electrons. The predicted octanol–water partition coefficient (Wildman–Crippen LogP) is 4.07. The Morgan fingerprint density at radius 3 is 2.55 bits per heavy atom. The third-order valence-electron chi connectivity index (χ3n) is 3.38. The van der Waals surface area contributed by atoms with Crippen molar-refractivity contribution >= 4 is 29.2 Å². The molecule has 1 heterocycles. The first-order valence-electron chi connectivity index (χ1n) is 6.74. The number of carboxylic acid groups (broad SMARTS) is 1. The minimum Gasteiger partial charge on any atom is -0.481 e. The van der Waals surface area contributed by atoms with Crippen molar-refractivity contribution in [3.8, 4) is 0 Å². The second kappa shape index (κ2) is 7.58. The molecule has 2 atom stereocenters. The normalized spacial score (nSPS) is 13.6. The lowest BCUT2D eigenvalue weighted by Gasteiger charge is -2.23. The second-order valence-electron chi connectivity index (χ2n) is 4.94. The lowest BCUT2D eigenvalue weighted by molar-refractivity contribution is -0.137. The number of aliphatic hydroxyl groups is 1. The molecular formula is C16H15Cl2NO3. The summed E-state index contributed by atoms with van der Waals surface area (Å²) in [5, 5.41) is 20.5. The molecule has 4 nitrogen and oxygen atoms in total. The van der Waals surface area contributed by atoms with Crippen molar-refractivity contribution in [3.63, 3.8) is 0 Å². The maximum Gasteiger partial charge on any atom is 0.303 e. The van der Waals surface area contributed by atoms with Gasteiger partial charge in [0.15, 0.2) is 0 Å². The average Bonchev–Trinajstić information content (AvgIpc) is 2.48. The summed E-state index contributed by atoms with van der Waals surface area (Å²) >= 11 is 11.8. The number of carboxylic acids is 1. The van der Waals surface area contributed by atoms with Gasteiger partial charge >= 0.3 is 5.97 Å². The Hall–Kier alpha value is -1.62. The highest BCUT2D eigenvalue weighted by Gasteiger charge is 2.24. The van der Waals surface area contributed by atoms with Crippen LogP contribution in [-0.2, 0) is 4.79 Å². The standard InChI is InChI=1S/C16H15Cl2NO3/c17-11-3-1-2-10(8-11)13(5-7-15(20)21)16(22)14-6-4-12(18)9-19-14/h1-4,6,8-9,13,16,22H,5,7H2,(H,20,21). The monoisotopic (exact) mass is 339 g/mol. The minimum atomic E-state index is -0.935. The fraction of sp³-hybridized carbons (Fsp3) is 0.250. The van der Waals surface area contributed by atoms with E-state index >= 15 is 0 Å². The molecule has 0 spiro atoms. The molecule has 0 bridgehead atoms. The van der Waals surface area contributed by atoms with E-state index in [4.69, 9.17) is 28.3 Å². The predicted molar refractivity (Wildman–Crippen MR) is 85.3 cm³/mol. The second-order valence-corrected chi connectivity index (χ2v) is 5.81. The third kappa shape index (κ3) is 4.44. The molecule has 0 fully saturated rings. The molecule has 0 aliphatic rings. The molecular weight excluding hydrogens is 325 g/mol. The van der Waals surface area contributed by atoms with Crippen molar-refractivity contribution in [1.29, 1.82) is 0 Å². The van der Waals surface area contributed by atoms with Crippen LogP contribution in [0, 0.1) is 0 Å². The van der Waals surface area contributed by atoms with Crippen molar-refractivity contribution in [3.05, 3.63) is 63.9 Å². The topological polar surface area (TPSA) is 70.4 Å². The van der Waals surface area contributed by atoms with E-state index < -0.39 is 18.0 Å². The van der Waals surface area contributed by atoms with E-state index in [1.807, 2.05) is 6.07 Å². The third-order valence-corrected chi connectivity index (χ3v) is 3.84. The van der Waals surface area contributed by atoms with E-state index in [0.29, 0.717) is 15.7 Å². The Bertz CT molecular complexity index is 646. The highest BCUT2D eigenvalue weighted by Crippen LogP contribution is 2.35. The van der Waals surface area contributed by atoms with E-state index in [-0.39, 0.29) is 12.8 Å². The summed E-state index contributed by atoms with van der Waals surface area (Å²) in [7, 11) is 0. The summed E-state index contributed by atoms with van der Waals surface area (Å²) in [4.78, 5) is 15.0. The quantitative estimate of drug-likeness (QED) is 0.832. The van der Waals surface area contributed by atoms with Gasteiger partial charge in [0.05, 0.1) is 10.7 Å². The summed E-state index contributed by atoms with van der Waals surface area (Å²) in [6, 6.07) is 10.3. The molecule has 2 aromatic rings. The molecule has 0 saturated carbocycles. The summed E-state index contributed by atoms with van der Waals surface area (Å²) in [6.07, 6.45) is 0.741. The van der Waals surface area contributed by atoms with Crippen LogP contribution in [0.4, 0.5) is 0 Å². The number of halogens is 2. The van der Waals surface area contributed by atoms with Crippen LogP contribution in [-0.4, -0.2) is 21.2 Å². The number of carbonyl (C=O) groups is 1. The van der Waals surface area contributed by atoms with E-state index in [1.165, 1.54) is 6.20 Å². The number of pyridine rings is 1. The molecule has 6 heteroatoms. The fourth-order valence-corrected chi connectivity index (χ4v) is 2.60. The molecule has 0 saturated heterocycles. The smallest absolute Gasteiger partial charge is 0.303 e. The van der Waals surface area contributed by atoms with Crippen LogP contribution < -0.4 is 0 Å². The first-order valence-corrected chi connectivity index (χ1v) is 7.49. The molecule has 0 aliphatic carbocycles. The first kappa shape index (κ1) is 16.7. The van der Waals surface area contributed by atoms with Gasteiger partial charge in [-0.2, -0.15) is 0 Å². The van der Waals surface area contributed by atoms with Crippen molar-refractivity contribution in [2.24, 2.45) is 0 Å². The van der Waals surface area contributed by atoms with Gasteiger partial charge in [-0.3, -0.25) is 9.78 Å². The van der Waals surface area contributed by atoms with Gasteiger partial charge in [0.25, 0.3) is 0 Å². The lowest BCUT2D eigenvalue weighted by atomic mass is 9.87. The Labute approximate surface area is 138 Å². The highest BCUT2D eigenvalue weighted by atomic mass is 35.5. The van der Waals surface area contributed by atoms with Crippen molar-refractivity contribution in [2.75, 3.05) is 0 Å². The van der Waals surface area contributed by atoms with Gasteiger partial charge in [-0.05, 0) is 36.2 Å². The number of aromatic nitrogens is 1. The largest absolute Gasteiger partial charge is 0.481 e. The van der Waals surface area contributed by atoms with E-state index in [0.717, 1.165) is 5.56 Å². The molecule has 0 aliphatic heterocycles. The molecule has 1 aromatic heterocycles. The van der Waals surface area contributed by atoms with Crippen molar-refractivity contribution in [2.45, 2.75) is 24.9 Å². The van der Waals surface area contributed by atoms with Crippen molar-refractivity contribution < 1.29 is 15.0 Å². The van der Waals surface area contributed by atoms with Crippen LogP contribution in [0.5, 0.6) is 0 Å². The maximum atomic E-state index is 10.9. The van der Waals surface area contributed by atoms with Gasteiger partial charge in [0.2, 0.25) is 0 Å². The van der Waals surface area contributed by atoms with E-state index in [1.54, 1.807) is 30.3 Å². The summed E-state index contributed by atoms with van der Waals surface area (Å²) in [5.74, 6) is -1.33. The highest BCUT2D eigenvalue weighted by molar-refractivity contribution is 6.30. The number of hydrogen-bond acceptors (Lipinski definition) is 3. The molecule has 2 N–H and O–H groups in total. The average molecular weight is 340 g/mol.